The lowest BCUT2D eigenvalue weighted by molar-refractivity contribution is 0.541. The fourth-order valence-corrected chi connectivity index (χ4v) is 5.21. The zero-order chi connectivity index (χ0) is 13.1. The molecule has 5 nitrogen and oxygen atoms in total. The maximum absolute atomic E-state index is 11.9. The van der Waals surface area contributed by atoms with E-state index in [0.29, 0.717) is 13.0 Å². The fraction of sp³-hybridized carbons (Fsp3) is 1.00. The number of hydrogen-bond acceptors (Lipinski definition) is 4. The number of sulfone groups is 1. The van der Waals surface area contributed by atoms with Crippen molar-refractivity contribution < 1.29 is 16.8 Å². The zero-order valence-electron chi connectivity index (χ0n) is 9.72. The second-order valence-corrected chi connectivity index (χ2v) is 10.3. The van der Waals surface area contributed by atoms with Gasteiger partial charge in [-0.1, -0.05) is 22.9 Å². The van der Waals surface area contributed by atoms with Gasteiger partial charge in [0.15, 0.2) is 0 Å². The number of nitrogens with one attached hydrogen (secondary N) is 1. The van der Waals surface area contributed by atoms with Crippen LogP contribution in [0, 0.1) is 0 Å². The predicted molar refractivity (Wildman–Crippen MR) is 71.6 cm³/mol. The van der Waals surface area contributed by atoms with E-state index < -0.39 is 25.1 Å². The third-order valence-electron chi connectivity index (χ3n) is 2.79. The molecule has 0 aliphatic carbocycles. The van der Waals surface area contributed by atoms with Gasteiger partial charge in [-0.05, 0) is 19.3 Å². The number of alkyl halides is 1. The molecular weight excluding hydrogens is 330 g/mol. The quantitative estimate of drug-likeness (QED) is 0.740. The summed E-state index contributed by atoms with van der Waals surface area (Å²) in [6.45, 7) is 2.33. The van der Waals surface area contributed by atoms with Crippen LogP contribution in [0.3, 0.4) is 0 Å². The van der Waals surface area contributed by atoms with E-state index in [1.165, 1.54) is 0 Å². The van der Waals surface area contributed by atoms with Gasteiger partial charge in [0.05, 0.1) is 16.8 Å². The Morgan fingerprint density at radius 1 is 1.35 bits per heavy atom. The van der Waals surface area contributed by atoms with E-state index in [9.17, 15) is 16.8 Å². The van der Waals surface area contributed by atoms with Crippen LogP contribution >= 0.6 is 15.9 Å². The SMILES string of the molecule is CC(Br)CCNS(=O)(=O)C1CCS(=O)(=O)CC1. The van der Waals surface area contributed by atoms with Gasteiger partial charge in [0.25, 0.3) is 0 Å². The summed E-state index contributed by atoms with van der Waals surface area (Å²) in [5.74, 6) is -0.0408. The highest BCUT2D eigenvalue weighted by Crippen LogP contribution is 2.18. The van der Waals surface area contributed by atoms with E-state index in [2.05, 4.69) is 20.7 Å². The van der Waals surface area contributed by atoms with Gasteiger partial charge in [-0.15, -0.1) is 0 Å². The van der Waals surface area contributed by atoms with Gasteiger partial charge in [0.1, 0.15) is 9.84 Å². The molecule has 1 N–H and O–H groups in total. The summed E-state index contributed by atoms with van der Waals surface area (Å²) in [5, 5.41) is -0.559. The smallest absolute Gasteiger partial charge is 0.214 e. The Morgan fingerprint density at radius 2 is 1.88 bits per heavy atom. The van der Waals surface area contributed by atoms with Crippen LogP contribution in [0.2, 0.25) is 0 Å². The standard InChI is InChI=1S/C9H18BrNO4S2/c1-8(10)2-5-11-17(14,15)9-3-6-16(12,13)7-4-9/h8-9,11H,2-7H2,1H3. The summed E-state index contributed by atoms with van der Waals surface area (Å²) in [6, 6.07) is 0. The van der Waals surface area contributed by atoms with Gasteiger partial charge < -0.3 is 0 Å². The first-order valence-electron chi connectivity index (χ1n) is 5.56. The first-order valence-corrected chi connectivity index (χ1v) is 9.84. The van der Waals surface area contributed by atoms with E-state index in [0.717, 1.165) is 0 Å². The van der Waals surface area contributed by atoms with Crippen LogP contribution in [0.15, 0.2) is 0 Å². The predicted octanol–water partition coefficient (Wildman–Crippen LogP) is 0.656. The highest BCUT2D eigenvalue weighted by atomic mass is 79.9. The van der Waals surface area contributed by atoms with Gasteiger partial charge in [-0.25, -0.2) is 21.6 Å². The molecule has 0 aromatic heterocycles. The first kappa shape index (κ1) is 15.4. The van der Waals surface area contributed by atoms with Gasteiger partial charge >= 0.3 is 0 Å². The minimum atomic E-state index is -3.36. The molecule has 8 heteroatoms. The molecule has 0 spiro atoms. The maximum atomic E-state index is 11.9. The third kappa shape index (κ3) is 5.23. The molecule has 0 saturated carbocycles. The molecule has 1 aliphatic rings. The van der Waals surface area contributed by atoms with Crippen molar-refractivity contribution in [2.24, 2.45) is 0 Å². The molecule has 17 heavy (non-hydrogen) atoms. The van der Waals surface area contributed by atoms with Gasteiger partial charge in [-0.3, -0.25) is 0 Å². The minimum absolute atomic E-state index is 0.0204. The Kier molecular flexibility index (Phi) is 5.42. The van der Waals surface area contributed by atoms with Crippen molar-refractivity contribution in [1.82, 2.24) is 4.72 Å². The van der Waals surface area contributed by atoms with E-state index in [1.807, 2.05) is 6.92 Å². The fourth-order valence-electron chi connectivity index (χ4n) is 1.70. The Labute approximate surface area is 111 Å². The number of rotatable bonds is 5. The lowest BCUT2D eigenvalue weighted by Gasteiger charge is -2.22. The molecule has 1 fully saturated rings. The van der Waals surface area contributed by atoms with Crippen molar-refractivity contribution in [3.63, 3.8) is 0 Å². The molecular formula is C9H18BrNO4S2. The Morgan fingerprint density at radius 3 is 2.35 bits per heavy atom. The van der Waals surface area contributed by atoms with Gasteiger partial charge in [0.2, 0.25) is 10.0 Å². The summed E-state index contributed by atoms with van der Waals surface area (Å²) >= 11 is 3.34. The molecule has 1 aliphatic heterocycles. The molecule has 0 bridgehead atoms. The van der Waals surface area contributed by atoms with Crippen molar-refractivity contribution in [2.75, 3.05) is 18.1 Å². The normalized spacial score (nSPS) is 23.4. The largest absolute Gasteiger partial charge is 0.229 e. The van der Waals surface area contributed by atoms with E-state index in [1.54, 1.807) is 0 Å². The van der Waals surface area contributed by atoms with Crippen LogP contribution in [0.4, 0.5) is 0 Å². The van der Waals surface area contributed by atoms with E-state index >= 15 is 0 Å². The molecule has 1 unspecified atom stereocenters. The summed E-state index contributed by atoms with van der Waals surface area (Å²) in [4.78, 5) is 0.261. The zero-order valence-corrected chi connectivity index (χ0v) is 12.9. The van der Waals surface area contributed by atoms with Crippen LogP contribution in [-0.2, 0) is 19.9 Å². The van der Waals surface area contributed by atoms with Crippen LogP contribution in [0.25, 0.3) is 0 Å². The van der Waals surface area contributed by atoms with Crippen molar-refractivity contribution in [2.45, 2.75) is 36.3 Å². The highest BCUT2D eigenvalue weighted by molar-refractivity contribution is 9.09. The topological polar surface area (TPSA) is 80.3 Å². The Hall–Kier alpha value is 0.340. The van der Waals surface area contributed by atoms with Crippen molar-refractivity contribution in [3.8, 4) is 0 Å². The molecule has 1 atom stereocenters. The Balaban J connectivity index is 2.49. The average Bonchev–Trinajstić information content (AvgIpc) is 2.15. The molecule has 1 rings (SSSR count). The van der Waals surface area contributed by atoms with Crippen molar-refractivity contribution in [1.29, 1.82) is 0 Å². The second-order valence-electron chi connectivity index (χ2n) is 4.36. The number of hydrogen-bond donors (Lipinski definition) is 1. The van der Waals surface area contributed by atoms with Crippen LogP contribution in [0.5, 0.6) is 0 Å². The number of halogens is 1. The average molecular weight is 348 g/mol. The lowest BCUT2D eigenvalue weighted by atomic mass is 10.2. The third-order valence-corrected chi connectivity index (χ3v) is 6.91. The van der Waals surface area contributed by atoms with E-state index in [4.69, 9.17) is 0 Å². The molecule has 0 radical (unpaired) electrons. The van der Waals surface area contributed by atoms with Crippen LogP contribution in [0.1, 0.15) is 26.2 Å². The highest BCUT2D eigenvalue weighted by Gasteiger charge is 2.32. The summed E-state index contributed by atoms with van der Waals surface area (Å²) in [6.07, 6.45) is 1.13. The van der Waals surface area contributed by atoms with Crippen LogP contribution in [-0.4, -0.2) is 45.0 Å². The molecule has 0 amide bonds. The second kappa shape index (κ2) is 5.99. The minimum Gasteiger partial charge on any atom is -0.229 e. The molecule has 1 saturated heterocycles. The van der Waals surface area contributed by atoms with Crippen LogP contribution < -0.4 is 4.72 Å². The summed E-state index contributed by atoms with van der Waals surface area (Å²) in [5.41, 5.74) is 0. The molecule has 102 valence electrons. The van der Waals surface area contributed by atoms with E-state index in [-0.39, 0.29) is 29.2 Å². The Bertz CT molecular complexity index is 430. The van der Waals surface area contributed by atoms with Gasteiger partial charge in [-0.2, -0.15) is 0 Å². The van der Waals surface area contributed by atoms with Crippen molar-refractivity contribution >= 4 is 35.8 Å². The van der Waals surface area contributed by atoms with Gasteiger partial charge in [0, 0.05) is 11.4 Å². The molecule has 0 aromatic rings. The summed E-state index contributed by atoms with van der Waals surface area (Å²) < 4.78 is 48.7. The first-order chi connectivity index (χ1) is 7.73. The maximum Gasteiger partial charge on any atom is 0.214 e. The lowest BCUT2D eigenvalue weighted by Crippen LogP contribution is -2.40. The molecule has 1 heterocycles. The van der Waals surface area contributed by atoms with Crippen molar-refractivity contribution in [3.05, 3.63) is 0 Å². The number of sulfonamides is 1. The summed E-state index contributed by atoms with van der Waals surface area (Å²) in [7, 11) is -6.37. The monoisotopic (exact) mass is 347 g/mol. The molecule has 0 aromatic carbocycles.